The number of ether oxygens (including phenoxy) is 1. The molecule has 0 heterocycles. The maximum atomic E-state index is 12.0. The third kappa shape index (κ3) is 3.75. The molecule has 0 radical (unpaired) electrons. The van der Waals surface area contributed by atoms with Gasteiger partial charge in [0.15, 0.2) is 0 Å². The first kappa shape index (κ1) is 13.5. The van der Waals surface area contributed by atoms with Gasteiger partial charge >= 0.3 is 0 Å². The minimum atomic E-state index is 0.0406. The number of nitrogens with two attached hydrogens (primary N) is 1. The van der Waals surface area contributed by atoms with Gasteiger partial charge in [0, 0.05) is 13.2 Å². The van der Waals surface area contributed by atoms with Crippen LogP contribution in [0, 0.1) is 0 Å². The van der Waals surface area contributed by atoms with E-state index in [2.05, 4.69) is 0 Å². The third-order valence-corrected chi connectivity index (χ3v) is 2.51. The maximum absolute atomic E-state index is 12.0. The van der Waals surface area contributed by atoms with Gasteiger partial charge in [-0.25, -0.2) is 0 Å². The zero-order valence-electron chi connectivity index (χ0n) is 10.5. The monoisotopic (exact) mass is 236 g/mol. The SMILES string of the molecule is CCOCCC(=O)N(CC)c1ccccc1N. The van der Waals surface area contributed by atoms with Crippen LogP contribution in [0.1, 0.15) is 20.3 Å². The van der Waals surface area contributed by atoms with Crippen molar-refractivity contribution in [1.82, 2.24) is 0 Å². The summed E-state index contributed by atoms with van der Waals surface area (Å²) in [7, 11) is 0. The highest BCUT2D eigenvalue weighted by atomic mass is 16.5. The number of hydrogen-bond acceptors (Lipinski definition) is 3. The van der Waals surface area contributed by atoms with Gasteiger partial charge in [0.25, 0.3) is 0 Å². The van der Waals surface area contributed by atoms with Gasteiger partial charge in [0.1, 0.15) is 0 Å². The van der Waals surface area contributed by atoms with Crippen molar-refractivity contribution in [2.45, 2.75) is 20.3 Å². The molecule has 0 spiro atoms. The Kier molecular flexibility index (Phi) is 5.49. The Balaban J connectivity index is 2.71. The quantitative estimate of drug-likeness (QED) is 0.607. The van der Waals surface area contributed by atoms with Gasteiger partial charge in [-0.3, -0.25) is 4.79 Å². The summed E-state index contributed by atoms with van der Waals surface area (Å²) in [6.45, 7) is 5.55. The number of carbonyl (C=O) groups is 1. The van der Waals surface area contributed by atoms with Crippen LogP contribution in [0.3, 0.4) is 0 Å². The third-order valence-electron chi connectivity index (χ3n) is 2.51. The van der Waals surface area contributed by atoms with Crippen LogP contribution in [0.15, 0.2) is 24.3 Å². The number of rotatable bonds is 6. The van der Waals surface area contributed by atoms with E-state index in [1.165, 1.54) is 0 Å². The van der Waals surface area contributed by atoms with Crippen LogP contribution in [-0.4, -0.2) is 25.7 Å². The molecular weight excluding hydrogens is 216 g/mol. The fraction of sp³-hybridized carbons (Fsp3) is 0.462. The lowest BCUT2D eigenvalue weighted by Crippen LogP contribution is -2.31. The van der Waals surface area contributed by atoms with Gasteiger partial charge in [0.2, 0.25) is 5.91 Å². The number of para-hydroxylation sites is 2. The van der Waals surface area contributed by atoms with Gasteiger partial charge in [-0.15, -0.1) is 0 Å². The largest absolute Gasteiger partial charge is 0.397 e. The molecular formula is C13H20N2O2. The molecule has 0 atom stereocenters. The average Bonchev–Trinajstić information content (AvgIpc) is 2.33. The Hall–Kier alpha value is -1.55. The van der Waals surface area contributed by atoms with Crippen LogP contribution in [0.5, 0.6) is 0 Å². The molecule has 0 aliphatic heterocycles. The van der Waals surface area contributed by atoms with E-state index in [1.807, 2.05) is 32.0 Å². The molecule has 0 saturated heterocycles. The summed E-state index contributed by atoms with van der Waals surface area (Å²) in [5, 5.41) is 0. The van der Waals surface area contributed by atoms with Crippen LogP contribution in [0.25, 0.3) is 0 Å². The molecule has 4 nitrogen and oxygen atoms in total. The molecule has 94 valence electrons. The van der Waals surface area contributed by atoms with Crippen molar-refractivity contribution in [2.24, 2.45) is 0 Å². The second kappa shape index (κ2) is 6.91. The Morgan fingerprint density at radius 1 is 1.35 bits per heavy atom. The molecule has 17 heavy (non-hydrogen) atoms. The lowest BCUT2D eigenvalue weighted by Gasteiger charge is -2.22. The molecule has 0 aliphatic carbocycles. The van der Waals surface area contributed by atoms with Crippen LogP contribution in [0.2, 0.25) is 0 Å². The van der Waals surface area contributed by atoms with E-state index in [1.54, 1.807) is 11.0 Å². The van der Waals surface area contributed by atoms with E-state index >= 15 is 0 Å². The molecule has 1 rings (SSSR count). The summed E-state index contributed by atoms with van der Waals surface area (Å²) in [4.78, 5) is 13.7. The number of amides is 1. The zero-order chi connectivity index (χ0) is 12.7. The maximum Gasteiger partial charge on any atom is 0.229 e. The summed E-state index contributed by atoms with van der Waals surface area (Å²) in [5.41, 5.74) is 7.26. The Bertz CT molecular complexity index is 366. The first-order valence-corrected chi connectivity index (χ1v) is 5.93. The molecule has 1 aromatic carbocycles. The van der Waals surface area contributed by atoms with Crippen molar-refractivity contribution < 1.29 is 9.53 Å². The number of benzene rings is 1. The Morgan fingerprint density at radius 2 is 2.06 bits per heavy atom. The second-order valence-electron chi connectivity index (χ2n) is 3.64. The molecule has 0 saturated carbocycles. The van der Waals surface area contributed by atoms with E-state index in [0.717, 1.165) is 5.69 Å². The summed E-state index contributed by atoms with van der Waals surface area (Å²) in [6, 6.07) is 7.40. The first-order valence-electron chi connectivity index (χ1n) is 5.93. The van der Waals surface area contributed by atoms with Gasteiger partial charge < -0.3 is 15.4 Å². The van der Waals surface area contributed by atoms with Crippen molar-refractivity contribution >= 4 is 17.3 Å². The summed E-state index contributed by atoms with van der Waals surface area (Å²) < 4.78 is 5.19. The van der Waals surface area contributed by atoms with E-state index in [-0.39, 0.29) is 5.91 Å². The molecule has 0 bridgehead atoms. The molecule has 4 heteroatoms. The minimum absolute atomic E-state index is 0.0406. The molecule has 0 aliphatic rings. The van der Waals surface area contributed by atoms with Crippen molar-refractivity contribution in [1.29, 1.82) is 0 Å². The van der Waals surface area contributed by atoms with Gasteiger partial charge in [-0.1, -0.05) is 12.1 Å². The molecule has 0 fully saturated rings. The first-order chi connectivity index (χ1) is 8.20. The van der Waals surface area contributed by atoms with Crippen molar-refractivity contribution in [3.8, 4) is 0 Å². The van der Waals surface area contributed by atoms with Crippen molar-refractivity contribution in [3.63, 3.8) is 0 Å². The van der Waals surface area contributed by atoms with Gasteiger partial charge in [-0.2, -0.15) is 0 Å². The number of nitrogens with zero attached hydrogens (tertiary/aromatic N) is 1. The summed E-state index contributed by atoms with van der Waals surface area (Å²) in [5.74, 6) is 0.0406. The van der Waals surface area contributed by atoms with Crippen LogP contribution >= 0.6 is 0 Å². The van der Waals surface area contributed by atoms with Crippen LogP contribution < -0.4 is 10.6 Å². The van der Waals surface area contributed by atoms with Crippen molar-refractivity contribution in [3.05, 3.63) is 24.3 Å². The normalized spacial score (nSPS) is 10.2. The topological polar surface area (TPSA) is 55.6 Å². The Labute approximate surface area is 102 Å². The number of carbonyl (C=O) groups excluding carboxylic acids is 1. The molecule has 0 unspecified atom stereocenters. The minimum Gasteiger partial charge on any atom is -0.397 e. The highest BCUT2D eigenvalue weighted by Crippen LogP contribution is 2.22. The summed E-state index contributed by atoms with van der Waals surface area (Å²) in [6.07, 6.45) is 0.385. The highest BCUT2D eigenvalue weighted by Gasteiger charge is 2.15. The predicted octanol–water partition coefficient (Wildman–Crippen LogP) is 2.05. The highest BCUT2D eigenvalue weighted by molar-refractivity contribution is 5.96. The number of nitrogen functional groups attached to an aromatic ring is 1. The zero-order valence-corrected chi connectivity index (χ0v) is 10.5. The van der Waals surface area contributed by atoms with Gasteiger partial charge in [-0.05, 0) is 26.0 Å². The lowest BCUT2D eigenvalue weighted by atomic mass is 10.2. The predicted molar refractivity (Wildman–Crippen MR) is 70.0 cm³/mol. The van der Waals surface area contributed by atoms with Gasteiger partial charge in [0.05, 0.1) is 24.4 Å². The number of anilines is 2. The van der Waals surface area contributed by atoms with Crippen LogP contribution in [0.4, 0.5) is 11.4 Å². The van der Waals surface area contributed by atoms with E-state index in [4.69, 9.17) is 10.5 Å². The van der Waals surface area contributed by atoms with Crippen LogP contribution in [-0.2, 0) is 9.53 Å². The van der Waals surface area contributed by atoms with E-state index in [9.17, 15) is 4.79 Å². The lowest BCUT2D eigenvalue weighted by molar-refractivity contribution is -0.119. The number of hydrogen-bond donors (Lipinski definition) is 1. The molecule has 2 N–H and O–H groups in total. The van der Waals surface area contributed by atoms with Crippen molar-refractivity contribution in [2.75, 3.05) is 30.4 Å². The Morgan fingerprint density at radius 3 is 2.65 bits per heavy atom. The smallest absolute Gasteiger partial charge is 0.229 e. The molecule has 1 amide bonds. The van der Waals surface area contributed by atoms with E-state index in [0.29, 0.717) is 31.9 Å². The average molecular weight is 236 g/mol. The van der Waals surface area contributed by atoms with E-state index < -0.39 is 0 Å². The summed E-state index contributed by atoms with van der Waals surface area (Å²) >= 11 is 0. The fourth-order valence-corrected chi connectivity index (χ4v) is 1.65. The standard InChI is InChI=1S/C13H20N2O2/c1-3-15(13(16)9-10-17-4-2)12-8-6-5-7-11(12)14/h5-8H,3-4,9-10,14H2,1-2H3. The molecule has 0 aromatic heterocycles. The molecule has 1 aromatic rings. The second-order valence-corrected chi connectivity index (χ2v) is 3.64. The fourth-order valence-electron chi connectivity index (χ4n) is 1.65.